The molecule has 0 N–H and O–H groups in total. The summed E-state index contributed by atoms with van der Waals surface area (Å²) in [6, 6.07) is 6.68. The van der Waals surface area contributed by atoms with E-state index < -0.39 is 0 Å². The summed E-state index contributed by atoms with van der Waals surface area (Å²) in [5.41, 5.74) is 0.645. The molecule has 2 aromatic rings. The lowest BCUT2D eigenvalue weighted by molar-refractivity contribution is -0.480. The van der Waals surface area contributed by atoms with Gasteiger partial charge in [0.15, 0.2) is 0 Å². The summed E-state index contributed by atoms with van der Waals surface area (Å²) in [6.45, 7) is 3.83. The van der Waals surface area contributed by atoms with E-state index in [9.17, 15) is 10.1 Å². The Kier molecular flexibility index (Phi) is 5.11. The second kappa shape index (κ2) is 6.84. The van der Waals surface area contributed by atoms with Crippen molar-refractivity contribution in [2.45, 2.75) is 6.42 Å². The zero-order chi connectivity index (χ0) is 13.9. The van der Waals surface area contributed by atoms with Gasteiger partial charge in [0.25, 0.3) is 0 Å². The number of hydrogen-bond donors (Lipinski definition) is 0. The van der Waals surface area contributed by atoms with Crippen LogP contribution in [0.2, 0.25) is 0 Å². The number of para-hydroxylation sites is 2. The number of rotatable bonds is 3. The lowest BCUT2D eigenvalue weighted by Gasteiger charge is -2.25. The molecule has 0 amide bonds. The van der Waals surface area contributed by atoms with Crippen molar-refractivity contribution in [2.24, 2.45) is 0 Å². The van der Waals surface area contributed by atoms with E-state index in [1.807, 2.05) is 0 Å². The average Bonchev–Trinajstić information content (AvgIpc) is 2.50. The first kappa shape index (κ1) is 15.7. The Morgan fingerprint density at radius 3 is 2.76 bits per heavy atom. The van der Waals surface area contributed by atoms with Gasteiger partial charge in [-0.1, -0.05) is 17.0 Å². The third-order valence-corrected chi connectivity index (χ3v) is 3.50. The van der Waals surface area contributed by atoms with Crippen LogP contribution in [0, 0.1) is 10.1 Å². The maximum Gasteiger partial charge on any atom is 0.368 e. The minimum atomic E-state index is 0. The van der Waals surface area contributed by atoms with Crippen LogP contribution in [0.25, 0.3) is 11.0 Å². The summed E-state index contributed by atoms with van der Waals surface area (Å²) in [5, 5.41) is 15.7. The number of fused-ring (bicyclic) bond motifs is 1. The third-order valence-electron chi connectivity index (χ3n) is 3.50. The van der Waals surface area contributed by atoms with Gasteiger partial charge in [-0.3, -0.25) is 4.90 Å². The van der Waals surface area contributed by atoms with Gasteiger partial charge in [0.2, 0.25) is 5.52 Å². The molecule has 1 saturated heterocycles. The maximum atomic E-state index is 12.2. The quantitative estimate of drug-likeness (QED) is 0.775. The number of hydrogen-bond acceptors (Lipinski definition) is 5. The molecule has 0 saturated carbocycles. The summed E-state index contributed by atoms with van der Waals surface area (Å²) in [7, 11) is 0. The van der Waals surface area contributed by atoms with Crippen LogP contribution in [-0.4, -0.2) is 47.7 Å². The van der Waals surface area contributed by atoms with Gasteiger partial charge in [-0.05, 0) is 12.1 Å². The molecular formula is C13H17ClN4O3. The molecule has 0 radical (unpaired) electrons. The molecule has 1 aliphatic heterocycles. The molecule has 0 unspecified atom stereocenters. The van der Waals surface area contributed by atoms with Crippen LogP contribution in [-0.2, 0) is 11.2 Å². The predicted octanol–water partition coefficient (Wildman–Crippen LogP) is 0.593. The second-order valence-corrected chi connectivity index (χ2v) is 4.78. The summed E-state index contributed by atoms with van der Waals surface area (Å²) >= 11 is 0. The molecule has 0 bridgehead atoms. The average molecular weight is 313 g/mol. The SMILES string of the molecule is Cl.O=[n+]1c(CCN2CCOCC2)nn([O-])c2ccccc21. The number of nitrogens with zero attached hydrogens (tertiary/aromatic N) is 4. The molecule has 1 aliphatic rings. The number of aromatic nitrogens is 3. The number of benzene rings is 1. The van der Waals surface area contributed by atoms with Crippen molar-refractivity contribution >= 4 is 23.4 Å². The van der Waals surface area contributed by atoms with E-state index in [1.54, 1.807) is 24.3 Å². The molecule has 21 heavy (non-hydrogen) atoms. The molecule has 2 heterocycles. The first-order valence-corrected chi connectivity index (χ1v) is 6.67. The van der Waals surface area contributed by atoms with Crippen LogP contribution in [0.1, 0.15) is 5.82 Å². The van der Waals surface area contributed by atoms with Crippen molar-refractivity contribution in [3.8, 4) is 0 Å². The third kappa shape index (κ3) is 3.31. The Bertz CT molecular complexity index is 670. The Labute approximate surface area is 127 Å². The molecule has 1 aromatic heterocycles. The zero-order valence-corrected chi connectivity index (χ0v) is 12.3. The smallest absolute Gasteiger partial charge is 0.368 e. The monoisotopic (exact) mass is 312 g/mol. The van der Waals surface area contributed by atoms with Gasteiger partial charge >= 0.3 is 5.82 Å². The second-order valence-electron chi connectivity index (χ2n) is 4.78. The summed E-state index contributed by atoms with van der Waals surface area (Å²) in [6.07, 6.45) is 0.455. The molecular weight excluding hydrogens is 296 g/mol. The highest BCUT2D eigenvalue weighted by atomic mass is 35.5. The van der Waals surface area contributed by atoms with Gasteiger partial charge in [0, 0.05) is 24.1 Å². The fraction of sp³-hybridized carbons (Fsp3) is 0.462. The van der Waals surface area contributed by atoms with Crippen LogP contribution in [0.3, 0.4) is 0 Å². The fourth-order valence-corrected chi connectivity index (χ4v) is 2.37. The molecule has 0 atom stereocenters. The topological polar surface area (TPSA) is 76.3 Å². The van der Waals surface area contributed by atoms with Gasteiger partial charge in [-0.25, -0.2) is 0 Å². The van der Waals surface area contributed by atoms with Crippen molar-refractivity contribution in [3.63, 3.8) is 0 Å². The van der Waals surface area contributed by atoms with Gasteiger partial charge < -0.3 is 9.94 Å². The lowest BCUT2D eigenvalue weighted by Crippen LogP contribution is -2.39. The van der Waals surface area contributed by atoms with E-state index in [0.29, 0.717) is 36.5 Å². The van der Waals surface area contributed by atoms with Crippen molar-refractivity contribution in [1.82, 2.24) is 14.8 Å². The lowest BCUT2D eigenvalue weighted by atomic mass is 10.3. The van der Waals surface area contributed by atoms with Gasteiger partial charge in [0.05, 0.1) is 24.7 Å². The van der Waals surface area contributed by atoms with Crippen LogP contribution in [0.5, 0.6) is 0 Å². The van der Waals surface area contributed by atoms with Crippen molar-refractivity contribution in [2.75, 3.05) is 32.8 Å². The number of ether oxygens (including phenoxy) is 1. The van der Waals surface area contributed by atoms with Crippen molar-refractivity contribution in [1.29, 1.82) is 0 Å². The number of halogens is 1. The highest BCUT2D eigenvalue weighted by Gasteiger charge is 2.18. The normalized spacial score (nSPS) is 15.8. The summed E-state index contributed by atoms with van der Waals surface area (Å²) < 4.78 is 6.03. The largest absolute Gasteiger partial charge is 0.772 e. The Hall–Kier alpha value is -1.70. The van der Waals surface area contributed by atoms with Crippen LogP contribution < -0.4 is 4.43 Å². The predicted molar refractivity (Wildman–Crippen MR) is 80.1 cm³/mol. The van der Waals surface area contributed by atoms with E-state index in [0.717, 1.165) is 17.5 Å². The van der Waals surface area contributed by atoms with E-state index in [4.69, 9.17) is 4.74 Å². The molecule has 1 aromatic carbocycles. The van der Waals surface area contributed by atoms with Crippen LogP contribution >= 0.6 is 12.4 Å². The maximum absolute atomic E-state index is 12.2. The van der Waals surface area contributed by atoms with E-state index in [2.05, 4.69) is 10.00 Å². The minimum Gasteiger partial charge on any atom is -0.772 e. The molecule has 114 valence electrons. The van der Waals surface area contributed by atoms with Gasteiger partial charge in [-0.15, -0.1) is 12.4 Å². The van der Waals surface area contributed by atoms with E-state index in [1.165, 1.54) is 0 Å². The molecule has 0 spiro atoms. The molecule has 7 nitrogen and oxygen atoms in total. The van der Waals surface area contributed by atoms with E-state index >= 15 is 0 Å². The first-order chi connectivity index (χ1) is 9.75. The van der Waals surface area contributed by atoms with Crippen LogP contribution in [0.4, 0.5) is 0 Å². The molecule has 0 aliphatic carbocycles. The molecule has 8 heteroatoms. The highest BCUT2D eigenvalue weighted by molar-refractivity contribution is 5.85. The van der Waals surface area contributed by atoms with Gasteiger partial charge in [0.1, 0.15) is 5.52 Å². The zero-order valence-electron chi connectivity index (χ0n) is 11.5. The Morgan fingerprint density at radius 1 is 1.29 bits per heavy atom. The number of morpholine rings is 1. The highest BCUT2D eigenvalue weighted by Crippen LogP contribution is 2.07. The molecule has 1 fully saturated rings. The standard InChI is InChI=1S/C13H16N4O3.ClH/c18-16-11-3-1-2-4-12(11)17(19)14-13(16)5-6-15-7-9-20-10-8-15;/h1-4H,5-10H2;1H. The molecule has 3 rings (SSSR count). The van der Waals surface area contributed by atoms with Crippen molar-refractivity contribution < 1.29 is 9.16 Å². The Morgan fingerprint density at radius 2 is 2.00 bits per heavy atom. The van der Waals surface area contributed by atoms with Crippen molar-refractivity contribution in [3.05, 3.63) is 40.2 Å². The fourth-order valence-electron chi connectivity index (χ4n) is 2.37. The minimum absolute atomic E-state index is 0. The first-order valence-electron chi connectivity index (χ1n) is 6.67. The Balaban J connectivity index is 0.00000161. The van der Waals surface area contributed by atoms with Gasteiger partial charge in [-0.2, -0.15) is 4.85 Å². The summed E-state index contributed by atoms with van der Waals surface area (Å²) in [5.74, 6) is 0.255. The van der Waals surface area contributed by atoms with Crippen LogP contribution in [0.15, 0.2) is 24.3 Å². The van der Waals surface area contributed by atoms with E-state index in [-0.39, 0.29) is 23.7 Å². The summed E-state index contributed by atoms with van der Waals surface area (Å²) in [4.78, 5) is 14.9.